The highest BCUT2D eigenvalue weighted by Gasteiger charge is 2.35. The molecule has 11 nitrogen and oxygen atoms in total. The van der Waals surface area contributed by atoms with Crippen molar-refractivity contribution in [2.75, 3.05) is 26.1 Å². The van der Waals surface area contributed by atoms with Gasteiger partial charge in [-0.1, -0.05) is 12.1 Å². The maximum atomic E-state index is 14.8. The molecule has 0 spiro atoms. The summed E-state index contributed by atoms with van der Waals surface area (Å²) in [6.45, 7) is 3.24. The predicted molar refractivity (Wildman–Crippen MR) is 145 cm³/mol. The summed E-state index contributed by atoms with van der Waals surface area (Å²) in [5, 5.41) is 16.2. The van der Waals surface area contributed by atoms with E-state index in [-0.39, 0.29) is 22.9 Å². The summed E-state index contributed by atoms with van der Waals surface area (Å²) in [7, 11) is -0.0620. The Morgan fingerprint density at radius 1 is 1.05 bits per heavy atom. The van der Waals surface area contributed by atoms with E-state index in [4.69, 9.17) is 19.5 Å². The lowest BCUT2D eigenvalue weighted by Gasteiger charge is -2.24. The molecule has 1 N–H and O–H groups in total. The Kier molecular flexibility index (Phi) is 8.32. The van der Waals surface area contributed by atoms with Crippen molar-refractivity contribution < 1.29 is 27.0 Å². The Morgan fingerprint density at radius 3 is 2.33 bits per heavy atom. The van der Waals surface area contributed by atoms with E-state index in [0.717, 1.165) is 11.6 Å². The van der Waals surface area contributed by atoms with Crippen LogP contribution in [0.5, 0.6) is 11.5 Å². The van der Waals surface area contributed by atoms with Crippen molar-refractivity contribution in [2.24, 2.45) is 0 Å². The van der Waals surface area contributed by atoms with Crippen molar-refractivity contribution in [3.63, 3.8) is 0 Å². The first-order chi connectivity index (χ1) is 19.1. The summed E-state index contributed by atoms with van der Waals surface area (Å²) < 4.78 is 62.7. The zero-order valence-corrected chi connectivity index (χ0v) is 23.2. The van der Waals surface area contributed by atoms with Crippen LogP contribution in [0, 0.1) is 24.1 Å². The number of aryl methyl sites for hydroxylation is 1. The molecule has 4 aromatic rings. The maximum Gasteiger partial charge on any atom is 0.243 e. The van der Waals surface area contributed by atoms with Crippen molar-refractivity contribution in [3.8, 4) is 34.6 Å². The number of sulfonamides is 1. The van der Waals surface area contributed by atoms with E-state index in [2.05, 4.69) is 19.9 Å². The molecule has 0 aliphatic carbocycles. The molecule has 0 fully saturated rings. The fourth-order valence-corrected chi connectivity index (χ4v) is 5.42. The Hall–Kier alpha value is -4.54. The predicted octanol–water partition coefficient (Wildman–Crippen LogP) is 4.18. The monoisotopic (exact) mass is 566 g/mol. The summed E-state index contributed by atoms with van der Waals surface area (Å²) in [5.41, 5.74) is 1.84. The Bertz CT molecular complexity index is 1660. The second kappa shape index (κ2) is 11.7. The van der Waals surface area contributed by atoms with Crippen LogP contribution in [0.1, 0.15) is 29.7 Å². The van der Waals surface area contributed by atoms with Gasteiger partial charge < -0.3 is 14.2 Å². The fraction of sp³-hybridized carbons (Fsp3) is 0.259. The first kappa shape index (κ1) is 28.5. The molecular weight excluding hydrogens is 539 g/mol. The minimum Gasteiger partial charge on any atom is -0.494 e. The molecule has 0 radical (unpaired) electrons. The Balaban J connectivity index is 1.84. The first-order valence-corrected chi connectivity index (χ1v) is 13.5. The number of anilines is 1. The summed E-state index contributed by atoms with van der Waals surface area (Å²) in [6.07, 6.45) is 2.04. The average Bonchev–Trinajstić information content (AvgIpc) is 3.35. The number of hydrogen-bond donors (Lipinski definition) is 1. The molecule has 208 valence electrons. The second-order valence-corrected chi connectivity index (χ2v) is 10.8. The standard InChI is InChI=1S/C27H27FN6O5S/c1-16-11-19(15-30-14-16)26-31-32-27(34(26)24-22(37-3)7-6-8-23(24)38-4)33-40(35,36)17(2)25(39-5)20-10-9-18(13-29)12-21(20)28/h6-12,14-15,17,25H,1-5H3,(H,32,33)/t17-,25+/m1/s1. The molecule has 0 aliphatic rings. The number of rotatable bonds is 10. The molecule has 0 bridgehead atoms. The van der Waals surface area contributed by atoms with Crippen molar-refractivity contribution in [1.82, 2.24) is 19.7 Å². The van der Waals surface area contributed by atoms with Crippen LogP contribution in [0.4, 0.5) is 10.3 Å². The van der Waals surface area contributed by atoms with Crippen LogP contribution in [0.15, 0.2) is 54.9 Å². The normalized spacial score (nSPS) is 12.8. The number of benzene rings is 2. The molecule has 4 rings (SSSR count). The molecule has 2 aromatic carbocycles. The third kappa shape index (κ3) is 5.45. The third-order valence-corrected chi connectivity index (χ3v) is 7.95. The number of pyridine rings is 1. The lowest BCUT2D eigenvalue weighted by atomic mass is 10.0. The van der Waals surface area contributed by atoms with E-state index in [1.165, 1.54) is 45.0 Å². The summed E-state index contributed by atoms with van der Waals surface area (Å²) in [4.78, 5) is 4.23. The number of ether oxygens (including phenoxy) is 3. The van der Waals surface area contributed by atoms with Gasteiger partial charge in [0.1, 0.15) is 34.4 Å². The van der Waals surface area contributed by atoms with Gasteiger partial charge in [-0.25, -0.2) is 12.8 Å². The van der Waals surface area contributed by atoms with Gasteiger partial charge in [-0.05, 0) is 49.7 Å². The Morgan fingerprint density at radius 2 is 1.75 bits per heavy atom. The zero-order valence-electron chi connectivity index (χ0n) is 22.4. The molecule has 2 atom stereocenters. The van der Waals surface area contributed by atoms with Gasteiger partial charge in [0.05, 0.1) is 25.9 Å². The van der Waals surface area contributed by atoms with Crippen LogP contribution in [0.2, 0.25) is 0 Å². The molecule has 2 heterocycles. The van der Waals surface area contributed by atoms with Crippen molar-refractivity contribution in [1.29, 1.82) is 5.26 Å². The third-order valence-electron chi connectivity index (χ3n) is 6.26. The van der Waals surface area contributed by atoms with Crippen LogP contribution in [-0.2, 0) is 14.8 Å². The van der Waals surface area contributed by atoms with Gasteiger partial charge in [0.15, 0.2) is 5.82 Å². The van der Waals surface area contributed by atoms with Crippen LogP contribution in [0.3, 0.4) is 0 Å². The minimum absolute atomic E-state index is 0.0150. The largest absolute Gasteiger partial charge is 0.494 e. The highest BCUT2D eigenvalue weighted by Crippen LogP contribution is 2.38. The van der Waals surface area contributed by atoms with Crippen LogP contribution < -0.4 is 14.2 Å². The zero-order chi connectivity index (χ0) is 29.0. The molecule has 0 saturated carbocycles. The highest BCUT2D eigenvalue weighted by atomic mass is 32.2. The average molecular weight is 567 g/mol. The Labute approximate surface area is 231 Å². The maximum absolute atomic E-state index is 14.8. The number of para-hydroxylation sites is 1. The summed E-state index contributed by atoms with van der Waals surface area (Å²) in [6, 6.07) is 12.5. The smallest absolute Gasteiger partial charge is 0.243 e. The van der Waals surface area contributed by atoms with Crippen LogP contribution in [-0.4, -0.2) is 54.7 Å². The number of nitrogens with zero attached hydrogens (tertiary/aromatic N) is 5. The quantitative estimate of drug-likeness (QED) is 0.299. The van der Waals surface area contributed by atoms with E-state index >= 15 is 0 Å². The fourth-order valence-electron chi connectivity index (χ4n) is 4.26. The van der Waals surface area contributed by atoms with Crippen molar-refractivity contribution in [3.05, 3.63) is 77.4 Å². The van der Waals surface area contributed by atoms with Gasteiger partial charge in [-0.3, -0.25) is 14.3 Å². The summed E-state index contributed by atoms with van der Waals surface area (Å²) in [5.74, 6) is 0.0732. The topological polar surface area (TPSA) is 141 Å². The van der Waals surface area contributed by atoms with Crippen molar-refractivity contribution in [2.45, 2.75) is 25.2 Å². The SMILES string of the molecule is COc1cccc(OC)c1-n1c(NS(=O)(=O)[C@H](C)[C@H](OC)c2ccc(C#N)cc2F)nnc1-c1cncc(C)c1. The number of methoxy groups -OCH3 is 3. The van der Waals surface area contributed by atoms with E-state index in [1.807, 2.05) is 19.1 Å². The number of aromatic nitrogens is 4. The van der Waals surface area contributed by atoms with Crippen molar-refractivity contribution >= 4 is 16.0 Å². The minimum atomic E-state index is -4.28. The van der Waals surface area contributed by atoms with Gasteiger partial charge in [0.25, 0.3) is 0 Å². The first-order valence-electron chi connectivity index (χ1n) is 12.0. The van der Waals surface area contributed by atoms with Gasteiger partial charge in [0, 0.05) is 30.6 Å². The lowest BCUT2D eigenvalue weighted by molar-refractivity contribution is 0.0992. The lowest BCUT2D eigenvalue weighted by Crippen LogP contribution is -2.33. The van der Waals surface area contributed by atoms with E-state index in [9.17, 15) is 12.8 Å². The van der Waals surface area contributed by atoms with E-state index < -0.39 is 27.2 Å². The van der Waals surface area contributed by atoms with Gasteiger partial charge in [0.2, 0.25) is 16.0 Å². The molecule has 13 heteroatoms. The highest BCUT2D eigenvalue weighted by molar-refractivity contribution is 7.93. The van der Waals surface area contributed by atoms with Gasteiger partial charge in [-0.15, -0.1) is 10.2 Å². The molecule has 0 saturated heterocycles. The second-order valence-electron chi connectivity index (χ2n) is 8.80. The van der Waals surface area contributed by atoms with E-state index in [0.29, 0.717) is 22.7 Å². The summed E-state index contributed by atoms with van der Waals surface area (Å²) >= 11 is 0. The van der Waals surface area contributed by atoms with Gasteiger partial charge >= 0.3 is 0 Å². The van der Waals surface area contributed by atoms with Crippen LogP contribution >= 0.6 is 0 Å². The molecular formula is C27H27FN6O5S. The molecule has 0 aliphatic heterocycles. The number of nitrogens with one attached hydrogen (secondary N) is 1. The number of hydrogen-bond acceptors (Lipinski definition) is 9. The molecule has 2 aromatic heterocycles. The van der Waals surface area contributed by atoms with Gasteiger partial charge in [-0.2, -0.15) is 5.26 Å². The molecule has 40 heavy (non-hydrogen) atoms. The number of nitriles is 1. The van der Waals surface area contributed by atoms with Crippen LogP contribution in [0.25, 0.3) is 17.1 Å². The molecule has 0 unspecified atom stereocenters. The van der Waals surface area contributed by atoms with E-state index in [1.54, 1.807) is 30.6 Å². The number of halogens is 1. The molecule has 0 amide bonds.